The predicted molar refractivity (Wildman–Crippen MR) is 64.0 cm³/mol. The number of nitrogens with two attached hydrogens (primary N) is 1. The molecule has 1 rings (SSSR count). The van der Waals surface area contributed by atoms with E-state index in [9.17, 15) is 4.79 Å². The van der Waals surface area contributed by atoms with Crippen molar-refractivity contribution in [1.82, 2.24) is 5.32 Å². The number of amides is 1. The van der Waals surface area contributed by atoms with Crippen molar-refractivity contribution in [3.8, 4) is 0 Å². The van der Waals surface area contributed by atoms with Crippen LogP contribution < -0.4 is 11.1 Å². The molecule has 1 amide bonds. The molecule has 4 heteroatoms. The zero-order valence-electron chi connectivity index (χ0n) is 10.2. The van der Waals surface area contributed by atoms with E-state index >= 15 is 0 Å². The first-order valence-electron chi connectivity index (χ1n) is 6.27. The number of ether oxygens (including phenoxy) is 1. The number of hydrogen-bond acceptors (Lipinski definition) is 3. The van der Waals surface area contributed by atoms with Crippen LogP contribution >= 0.6 is 0 Å². The van der Waals surface area contributed by atoms with E-state index in [4.69, 9.17) is 10.5 Å². The summed E-state index contributed by atoms with van der Waals surface area (Å²) in [6, 6.07) is 0. The van der Waals surface area contributed by atoms with Crippen LogP contribution in [0.2, 0.25) is 0 Å². The predicted octanol–water partition coefficient (Wildman–Crippen LogP) is 0.904. The highest BCUT2D eigenvalue weighted by molar-refractivity contribution is 5.76. The maximum Gasteiger partial charge on any atom is 0.220 e. The second-order valence-electron chi connectivity index (χ2n) is 4.74. The number of nitrogens with one attached hydrogen (secondary N) is 1. The smallest absolute Gasteiger partial charge is 0.220 e. The van der Waals surface area contributed by atoms with Crippen LogP contribution in [0.25, 0.3) is 0 Å². The van der Waals surface area contributed by atoms with Gasteiger partial charge in [0.05, 0.1) is 0 Å². The van der Waals surface area contributed by atoms with Crippen LogP contribution in [0, 0.1) is 11.8 Å². The molecule has 0 radical (unpaired) electrons. The molecular weight excluding hydrogens is 204 g/mol. The van der Waals surface area contributed by atoms with Crippen LogP contribution in [0.3, 0.4) is 0 Å². The minimum Gasteiger partial charge on any atom is -0.381 e. The zero-order chi connectivity index (χ0) is 11.8. The van der Waals surface area contributed by atoms with Crippen LogP contribution in [-0.2, 0) is 9.53 Å². The lowest BCUT2D eigenvalue weighted by Gasteiger charge is -2.22. The number of rotatable bonds is 6. The Bertz CT molecular complexity index is 203. The first-order chi connectivity index (χ1) is 7.72. The first-order valence-corrected chi connectivity index (χ1v) is 6.27. The maximum absolute atomic E-state index is 11.5. The molecule has 1 unspecified atom stereocenters. The van der Waals surface area contributed by atoms with E-state index in [2.05, 4.69) is 5.32 Å². The van der Waals surface area contributed by atoms with Crippen molar-refractivity contribution >= 4 is 5.91 Å². The minimum atomic E-state index is 0.130. The lowest BCUT2D eigenvalue weighted by molar-refractivity contribution is -0.121. The Labute approximate surface area is 97.9 Å². The third kappa shape index (κ3) is 5.47. The van der Waals surface area contributed by atoms with Crippen LogP contribution in [0.15, 0.2) is 0 Å². The van der Waals surface area contributed by atoms with Gasteiger partial charge in [0.25, 0.3) is 0 Å². The Morgan fingerprint density at radius 2 is 2.19 bits per heavy atom. The van der Waals surface area contributed by atoms with E-state index < -0.39 is 0 Å². The van der Waals surface area contributed by atoms with Gasteiger partial charge in [0.15, 0.2) is 0 Å². The van der Waals surface area contributed by atoms with Crippen molar-refractivity contribution < 1.29 is 9.53 Å². The summed E-state index contributed by atoms with van der Waals surface area (Å²) in [6.45, 7) is 5.12. The average molecular weight is 228 g/mol. The van der Waals surface area contributed by atoms with E-state index in [-0.39, 0.29) is 11.8 Å². The van der Waals surface area contributed by atoms with Crippen molar-refractivity contribution in [1.29, 1.82) is 0 Å². The fourth-order valence-electron chi connectivity index (χ4n) is 1.92. The summed E-state index contributed by atoms with van der Waals surface area (Å²) in [4.78, 5) is 11.5. The van der Waals surface area contributed by atoms with Gasteiger partial charge in [0.2, 0.25) is 5.91 Å². The molecule has 0 aromatic carbocycles. The molecule has 1 heterocycles. The van der Waals surface area contributed by atoms with E-state index in [0.717, 1.165) is 44.9 Å². The Morgan fingerprint density at radius 1 is 1.50 bits per heavy atom. The molecule has 0 aromatic rings. The molecule has 3 N–H and O–H groups in total. The molecule has 0 aliphatic carbocycles. The van der Waals surface area contributed by atoms with Gasteiger partial charge < -0.3 is 15.8 Å². The summed E-state index contributed by atoms with van der Waals surface area (Å²) in [5, 5.41) is 2.96. The topological polar surface area (TPSA) is 64.4 Å². The average Bonchev–Trinajstić information content (AvgIpc) is 2.30. The molecule has 16 heavy (non-hydrogen) atoms. The number of carbonyl (C=O) groups is 1. The van der Waals surface area contributed by atoms with Gasteiger partial charge in [-0.2, -0.15) is 0 Å². The van der Waals surface area contributed by atoms with Crippen molar-refractivity contribution in [2.24, 2.45) is 17.6 Å². The second kappa shape index (κ2) is 7.63. The number of carbonyl (C=O) groups excluding carboxylic acids is 1. The normalized spacial score (nSPS) is 19.4. The lowest BCUT2D eigenvalue weighted by atomic mass is 9.96. The fourth-order valence-corrected chi connectivity index (χ4v) is 1.92. The van der Waals surface area contributed by atoms with Gasteiger partial charge in [-0.25, -0.2) is 0 Å². The minimum absolute atomic E-state index is 0.130. The zero-order valence-corrected chi connectivity index (χ0v) is 10.2. The molecule has 1 aliphatic heterocycles. The van der Waals surface area contributed by atoms with Gasteiger partial charge in [0, 0.05) is 26.2 Å². The number of hydrogen-bond donors (Lipinski definition) is 2. The molecule has 4 nitrogen and oxygen atoms in total. The van der Waals surface area contributed by atoms with Crippen molar-refractivity contribution in [3.63, 3.8) is 0 Å². The Kier molecular flexibility index (Phi) is 6.42. The van der Waals surface area contributed by atoms with Gasteiger partial charge in [-0.1, -0.05) is 6.92 Å². The third-order valence-corrected chi connectivity index (χ3v) is 3.15. The molecular formula is C12H24N2O2. The summed E-state index contributed by atoms with van der Waals surface area (Å²) >= 11 is 0. The highest BCUT2D eigenvalue weighted by Gasteiger charge is 2.14. The summed E-state index contributed by atoms with van der Waals surface area (Å²) in [7, 11) is 0. The lowest BCUT2D eigenvalue weighted by Crippen LogP contribution is -2.29. The van der Waals surface area contributed by atoms with Gasteiger partial charge in [0.1, 0.15) is 0 Å². The Hall–Kier alpha value is -0.610. The highest BCUT2D eigenvalue weighted by atomic mass is 16.5. The summed E-state index contributed by atoms with van der Waals surface area (Å²) in [6.07, 6.45) is 3.89. The van der Waals surface area contributed by atoms with Gasteiger partial charge in [-0.05, 0) is 37.6 Å². The Morgan fingerprint density at radius 3 is 2.81 bits per heavy atom. The monoisotopic (exact) mass is 228 g/mol. The van der Waals surface area contributed by atoms with E-state index in [1.165, 1.54) is 0 Å². The molecule has 1 saturated heterocycles. The van der Waals surface area contributed by atoms with E-state index in [0.29, 0.717) is 13.0 Å². The maximum atomic E-state index is 11.5. The second-order valence-corrected chi connectivity index (χ2v) is 4.74. The van der Waals surface area contributed by atoms with Gasteiger partial charge in [-0.3, -0.25) is 4.79 Å². The molecule has 94 valence electrons. The van der Waals surface area contributed by atoms with Crippen molar-refractivity contribution in [2.45, 2.75) is 32.6 Å². The molecule has 0 spiro atoms. The Balaban J connectivity index is 2.03. The van der Waals surface area contributed by atoms with E-state index in [1.807, 2.05) is 6.92 Å². The van der Waals surface area contributed by atoms with Crippen LogP contribution in [0.1, 0.15) is 32.6 Å². The summed E-state index contributed by atoms with van der Waals surface area (Å²) < 4.78 is 5.29. The summed E-state index contributed by atoms with van der Waals surface area (Å²) in [5.41, 5.74) is 5.47. The standard InChI is InChI=1S/C12H24N2O2/c1-10(9-13)8-12(15)14-5-2-11-3-6-16-7-4-11/h10-11H,2-9,13H2,1H3,(H,14,15). The molecule has 1 aliphatic rings. The van der Waals surface area contributed by atoms with Crippen LogP contribution in [-0.4, -0.2) is 32.2 Å². The third-order valence-electron chi connectivity index (χ3n) is 3.15. The van der Waals surface area contributed by atoms with Crippen LogP contribution in [0.5, 0.6) is 0 Å². The van der Waals surface area contributed by atoms with Crippen LogP contribution in [0.4, 0.5) is 0 Å². The van der Waals surface area contributed by atoms with Crippen molar-refractivity contribution in [2.75, 3.05) is 26.3 Å². The molecule has 0 saturated carbocycles. The molecule has 1 atom stereocenters. The SMILES string of the molecule is CC(CN)CC(=O)NCCC1CCOCC1. The van der Waals surface area contributed by atoms with Gasteiger partial charge in [-0.15, -0.1) is 0 Å². The van der Waals surface area contributed by atoms with Crippen molar-refractivity contribution in [3.05, 3.63) is 0 Å². The van der Waals surface area contributed by atoms with E-state index in [1.54, 1.807) is 0 Å². The quantitative estimate of drug-likeness (QED) is 0.710. The largest absolute Gasteiger partial charge is 0.381 e. The molecule has 1 fully saturated rings. The fraction of sp³-hybridized carbons (Fsp3) is 0.917. The molecule has 0 bridgehead atoms. The first kappa shape index (κ1) is 13.5. The highest BCUT2D eigenvalue weighted by Crippen LogP contribution is 2.17. The van der Waals surface area contributed by atoms with Gasteiger partial charge >= 0.3 is 0 Å². The summed E-state index contributed by atoms with van der Waals surface area (Å²) in [5.74, 6) is 1.13. The molecule has 0 aromatic heterocycles.